The number of hydrogen-bond acceptors (Lipinski definition) is 2. The van der Waals surface area contributed by atoms with Gasteiger partial charge in [-0.3, -0.25) is 4.79 Å². The lowest BCUT2D eigenvalue weighted by molar-refractivity contribution is -0.116. The van der Waals surface area contributed by atoms with Crippen LogP contribution in [0.3, 0.4) is 0 Å². The van der Waals surface area contributed by atoms with Gasteiger partial charge in [-0.05, 0) is 29.9 Å². The number of hydrogen-bond donors (Lipinski definition) is 1. The van der Waals surface area contributed by atoms with Crippen LogP contribution in [0.1, 0.15) is 31.6 Å². The zero-order chi connectivity index (χ0) is 13.2. The number of allylic oxidation sites excluding steroid dienone is 1. The van der Waals surface area contributed by atoms with Crippen molar-refractivity contribution in [1.82, 2.24) is 5.32 Å². The van der Waals surface area contributed by atoms with E-state index >= 15 is 0 Å². The molecule has 1 amide bonds. The molecule has 0 saturated carbocycles. The summed E-state index contributed by atoms with van der Waals surface area (Å²) in [6.07, 6.45) is 5.06. The van der Waals surface area contributed by atoms with Gasteiger partial charge in [0.25, 0.3) is 0 Å². The van der Waals surface area contributed by atoms with Crippen LogP contribution in [0.4, 0.5) is 0 Å². The first-order valence-corrected chi connectivity index (χ1v) is 7.03. The average Bonchev–Trinajstić information content (AvgIpc) is 2.84. The maximum absolute atomic E-state index is 11.3. The summed E-state index contributed by atoms with van der Waals surface area (Å²) in [6.45, 7) is 4.87. The van der Waals surface area contributed by atoms with Crippen molar-refractivity contribution in [3.63, 3.8) is 0 Å². The second kappa shape index (κ2) is 8.54. The molecule has 1 heterocycles. The summed E-state index contributed by atoms with van der Waals surface area (Å²) in [4.78, 5) is 12.4. The van der Waals surface area contributed by atoms with Crippen molar-refractivity contribution in [3.05, 3.63) is 34.5 Å². The van der Waals surface area contributed by atoms with Crippen LogP contribution in [-0.2, 0) is 4.79 Å². The summed E-state index contributed by atoms with van der Waals surface area (Å²) in [5, 5.41) is 4.85. The van der Waals surface area contributed by atoms with Gasteiger partial charge in [0.2, 0.25) is 5.91 Å². The molecular formula is C15H19NOS. The molecule has 0 aliphatic heterocycles. The number of thiophene rings is 1. The van der Waals surface area contributed by atoms with Gasteiger partial charge in [0, 0.05) is 13.0 Å². The van der Waals surface area contributed by atoms with Gasteiger partial charge >= 0.3 is 0 Å². The number of carbonyl (C=O) groups excluding carboxylic acids is 1. The Balaban J connectivity index is 2.15. The van der Waals surface area contributed by atoms with Crippen LogP contribution < -0.4 is 5.32 Å². The van der Waals surface area contributed by atoms with Gasteiger partial charge < -0.3 is 5.32 Å². The highest BCUT2D eigenvalue weighted by atomic mass is 32.1. The minimum atomic E-state index is -0.0186. The van der Waals surface area contributed by atoms with E-state index < -0.39 is 0 Å². The molecule has 1 N–H and O–H groups in total. The molecule has 2 nitrogen and oxygen atoms in total. The van der Waals surface area contributed by atoms with Gasteiger partial charge in [-0.1, -0.05) is 37.8 Å². The fraction of sp³-hybridized carbons (Fsp3) is 0.400. The standard InChI is InChI=1S/C15H19NOS/c1-13(2)12-16-15(17)10-6-4-3-5-8-14-9-7-11-18-14/h6-7,9-11,13H,3-4,12H2,1-2H3,(H,16,17). The third-order valence-electron chi connectivity index (χ3n) is 2.12. The van der Waals surface area contributed by atoms with Crippen molar-refractivity contribution in [2.75, 3.05) is 6.54 Å². The van der Waals surface area contributed by atoms with Gasteiger partial charge in [-0.25, -0.2) is 0 Å². The molecule has 0 bridgehead atoms. The number of amides is 1. The van der Waals surface area contributed by atoms with Crippen molar-refractivity contribution < 1.29 is 4.79 Å². The normalized spacial score (nSPS) is 10.4. The van der Waals surface area contributed by atoms with E-state index in [1.54, 1.807) is 17.4 Å². The van der Waals surface area contributed by atoms with Crippen LogP contribution in [0, 0.1) is 17.8 Å². The largest absolute Gasteiger partial charge is 0.352 e. The van der Waals surface area contributed by atoms with Gasteiger partial charge in [0.15, 0.2) is 0 Å². The Morgan fingerprint density at radius 2 is 2.39 bits per heavy atom. The van der Waals surface area contributed by atoms with Gasteiger partial charge in [-0.2, -0.15) is 0 Å². The van der Waals surface area contributed by atoms with Crippen LogP contribution in [0.5, 0.6) is 0 Å². The molecule has 0 unspecified atom stereocenters. The summed E-state index contributed by atoms with van der Waals surface area (Å²) in [6, 6.07) is 4.00. The van der Waals surface area contributed by atoms with E-state index in [9.17, 15) is 4.79 Å². The molecule has 96 valence electrons. The molecule has 18 heavy (non-hydrogen) atoms. The first-order valence-electron chi connectivity index (χ1n) is 6.15. The highest BCUT2D eigenvalue weighted by Crippen LogP contribution is 2.05. The lowest BCUT2D eigenvalue weighted by Gasteiger charge is -2.03. The minimum Gasteiger partial charge on any atom is -0.352 e. The molecular weight excluding hydrogens is 242 g/mol. The molecule has 0 aliphatic rings. The summed E-state index contributed by atoms with van der Waals surface area (Å²) in [7, 11) is 0. The average molecular weight is 261 g/mol. The van der Waals surface area contributed by atoms with Gasteiger partial charge in [0.05, 0.1) is 4.88 Å². The molecule has 0 radical (unpaired) electrons. The van der Waals surface area contributed by atoms with Crippen molar-refractivity contribution in [1.29, 1.82) is 0 Å². The second-order valence-corrected chi connectivity index (χ2v) is 5.31. The molecule has 0 aromatic carbocycles. The third kappa shape index (κ3) is 6.93. The maximum Gasteiger partial charge on any atom is 0.243 e. The van der Waals surface area contributed by atoms with E-state index in [4.69, 9.17) is 0 Å². The molecule has 0 fully saturated rings. The fourth-order valence-electron chi connectivity index (χ4n) is 1.21. The Kier molecular flexibility index (Phi) is 6.90. The zero-order valence-corrected chi connectivity index (χ0v) is 11.7. The maximum atomic E-state index is 11.3. The fourth-order valence-corrected chi connectivity index (χ4v) is 1.80. The molecule has 1 rings (SSSR count). The van der Waals surface area contributed by atoms with Gasteiger partial charge in [0.1, 0.15) is 0 Å². The molecule has 0 spiro atoms. The van der Waals surface area contributed by atoms with Crippen molar-refractivity contribution >= 4 is 17.2 Å². The SMILES string of the molecule is CC(C)CNC(=O)C=CCCC#Cc1cccs1. The van der Waals surface area contributed by atoms with E-state index in [0.29, 0.717) is 5.92 Å². The van der Waals surface area contributed by atoms with Crippen molar-refractivity contribution in [2.24, 2.45) is 5.92 Å². The predicted molar refractivity (Wildman–Crippen MR) is 77.4 cm³/mol. The highest BCUT2D eigenvalue weighted by Gasteiger charge is 1.96. The summed E-state index contributed by atoms with van der Waals surface area (Å²) >= 11 is 1.65. The monoisotopic (exact) mass is 261 g/mol. The van der Waals surface area contributed by atoms with E-state index in [-0.39, 0.29) is 5.91 Å². The summed E-state index contributed by atoms with van der Waals surface area (Å²) in [5.41, 5.74) is 0. The first kappa shape index (κ1) is 14.5. The van der Waals surface area contributed by atoms with Crippen LogP contribution in [0.2, 0.25) is 0 Å². The zero-order valence-electron chi connectivity index (χ0n) is 10.9. The number of nitrogens with one attached hydrogen (secondary N) is 1. The Labute approximate surface area is 113 Å². The Bertz CT molecular complexity index is 435. The molecule has 1 aromatic rings. The summed E-state index contributed by atoms with van der Waals surface area (Å²) < 4.78 is 0. The Hall–Kier alpha value is -1.53. The van der Waals surface area contributed by atoms with Gasteiger partial charge in [-0.15, -0.1) is 11.3 Å². The van der Waals surface area contributed by atoms with Crippen LogP contribution in [0.15, 0.2) is 29.7 Å². The number of carbonyl (C=O) groups is 1. The van der Waals surface area contributed by atoms with Crippen LogP contribution >= 0.6 is 11.3 Å². The van der Waals surface area contributed by atoms with Crippen molar-refractivity contribution in [2.45, 2.75) is 26.7 Å². The molecule has 1 aromatic heterocycles. The molecule has 0 atom stereocenters. The quantitative estimate of drug-likeness (QED) is 0.492. The van der Waals surface area contributed by atoms with E-state index in [1.807, 2.05) is 23.6 Å². The summed E-state index contributed by atoms with van der Waals surface area (Å²) in [5.74, 6) is 6.64. The van der Waals surface area contributed by atoms with Crippen molar-refractivity contribution in [3.8, 4) is 11.8 Å². The molecule has 3 heteroatoms. The topological polar surface area (TPSA) is 29.1 Å². The van der Waals surface area contributed by atoms with E-state index in [0.717, 1.165) is 24.3 Å². The highest BCUT2D eigenvalue weighted by molar-refractivity contribution is 7.10. The predicted octanol–water partition coefficient (Wildman–Crippen LogP) is 3.21. The van der Waals surface area contributed by atoms with E-state index in [1.165, 1.54) is 0 Å². The Morgan fingerprint density at radius 1 is 1.56 bits per heavy atom. The first-order chi connectivity index (χ1) is 8.68. The Morgan fingerprint density at radius 3 is 3.06 bits per heavy atom. The third-order valence-corrected chi connectivity index (χ3v) is 2.91. The van der Waals surface area contributed by atoms with E-state index in [2.05, 4.69) is 31.0 Å². The molecule has 0 saturated heterocycles. The molecule has 0 aliphatic carbocycles. The smallest absolute Gasteiger partial charge is 0.243 e. The lowest BCUT2D eigenvalue weighted by atomic mass is 10.2. The second-order valence-electron chi connectivity index (χ2n) is 4.36. The minimum absolute atomic E-state index is 0.0186. The van der Waals surface area contributed by atoms with Crippen LogP contribution in [0.25, 0.3) is 0 Å². The number of unbranched alkanes of at least 4 members (excludes halogenated alkanes) is 1. The van der Waals surface area contributed by atoms with Crippen LogP contribution in [-0.4, -0.2) is 12.5 Å². The lowest BCUT2D eigenvalue weighted by Crippen LogP contribution is -2.25. The number of rotatable bonds is 5.